The maximum absolute atomic E-state index is 12.5. The van der Waals surface area contributed by atoms with E-state index in [4.69, 9.17) is 21.4 Å². The van der Waals surface area contributed by atoms with E-state index in [0.29, 0.717) is 34.5 Å². The molecule has 6 nitrogen and oxygen atoms in total. The number of amidine groups is 1. The summed E-state index contributed by atoms with van der Waals surface area (Å²) in [7, 11) is 0. The highest BCUT2D eigenvalue weighted by atomic mass is 35.5. The number of ether oxygens (including phenoxy) is 1. The molecular weight excluding hydrogens is 482 g/mol. The molecule has 2 aliphatic heterocycles. The Labute approximate surface area is 212 Å². The molecule has 0 aliphatic carbocycles. The Morgan fingerprint density at radius 3 is 2.66 bits per heavy atom. The molecular formula is C27H22ClN3O3S. The van der Waals surface area contributed by atoms with Crippen LogP contribution < -0.4 is 4.74 Å². The molecule has 5 rings (SSSR count). The van der Waals surface area contributed by atoms with Gasteiger partial charge in [-0.15, -0.1) is 0 Å². The van der Waals surface area contributed by atoms with E-state index in [1.165, 1.54) is 0 Å². The van der Waals surface area contributed by atoms with Crippen LogP contribution in [0.25, 0.3) is 6.08 Å². The lowest BCUT2D eigenvalue weighted by Gasteiger charge is -2.24. The molecule has 3 aromatic carbocycles. The molecule has 1 N–H and O–H groups in total. The summed E-state index contributed by atoms with van der Waals surface area (Å²) >= 11 is 7.19. The van der Waals surface area contributed by atoms with Crippen molar-refractivity contribution in [2.24, 2.45) is 10.1 Å². The van der Waals surface area contributed by atoms with Crippen LogP contribution in [0.4, 0.5) is 4.79 Å². The number of hydrazone groups is 1. The van der Waals surface area contributed by atoms with Gasteiger partial charge in [0.2, 0.25) is 0 Å². The van der Waals surface area contributed by atoms with Gasteiger partial charge in [0.1, 0.15) is 0 Å². The number of aromatic hydroxyl groups is 1. The molecule has 0 spiro atoms. The zero-order valence-corrected chi connectivity index (χ0v) is 20.5. The summed E-state index contributed by atoms with van der Waals surface area (Å²) in [6, 6.07) is 22.6. The van der Waals surface area contributed by atoms with Crippen LogP contribution in [0.5, 0.6) is 11.5 Å². The van der Waals surface area contributed by atoms with Gasteiger partial charge in [0, 0.05) is 11.4 Å². The quantitative estimate of drug-likeness (QED) is 0.410. The van der Waals surface area contributed by atoms with Gasteiger partial charge in [-0.1, -0.05) is 60.1 Å². The van der Waals surface area contributed by atoms with Crippen LogP contribution in [0.2, 0.25) is 5.02 Å². The van der Waals surface area contributed by atoms with Crippen LogP contribution in [0.3, 0.4) is 0 Å². The zero-order chi connectivity index (χ0) is 24.4. The number of rotatable bonds is 5. The lowest BCUT2D eigenvalue weighted by molar-refractivity contribution is 0.267. The Bertz CT molecular complexity index is 1350. The molecule has 0 saturated heterocycles. The van der Waals surface area contributed by atoms with Crippen molar-refractivity contribution < 1.29 is 14.6 Å². The highest BCUT2D eigenvalue weighted by Crippen LogP contribution is 2.40. The fourth-order valence-electron chi connectivity index (χ4n) is 4.06. The van der Waals surface area contributed by atoms with Crippen LogP contribution in [-0.2, 0) is 0 Å². The predicted molar refractivity (Wildman–Crippen MR) is 141 cm³/mol. The van der Waals surface area contributed by atoms with E-state index in [9.17, 15) is 9.90 Å². The number of halogens is 1. The molecule has 0 saturated carbocycles. The maximum atomic E-state index is 12.5. The SMILES string of the molecule is CCOc1cc(/C=C2\SC(=O)N=C2N2N=C(c3ccccc3)C[C@@H]2c2ccc(Cl)cc2)ccc1O. The molecule has 2 aliphatic rings. The van der Waals surface area contributed by atoms with Gasteiger partial charge in [-0.3, -0.25) is 4.79 Å². The maximum Gasteiger partial charge on any atom is 0.311 e. The van der Waals surface area contributed by atoms with Crippen molar-refractivity contribution in [3.8, 4) is 11.5 Å². The summed E-state index contributed by atoms with van der Waals surface area (Å²) in [6.45, 7) is 2.29. The van der Waals surface area contributed by atoms with E-state index in [1.54, 1.807) is 18.2 Å². The fraction of sp³-hybridized carbons (Fsp3) is 0.148. The smallest absolute Gasteiger partial charge is 0.311 e. The molecule has 1 atom stereocenters. The van der Waals surface area contributed by atoms with E-state index in [-0.39, 0.29) is 17.0 Å². The van der Waals surface area contributed by atoms with Crippen molar-refractivity contribution in [3.05, 3.63) is 99.4 Å². The summed E-state index contributed by atoms with van der Waals surface area (Å²) in [5, 5.41) is 17.2. The Morgan fingerprint density at radius 1 is 1.14 bits per heavy atom. The molecule has 0 bridgehead atoms. The molecule has 0 fully saturated rings. The van der Waals surface area contributed by atoms with Crippen LogP contribution >= 0.6 is 23.4 Å². The van der Waals surface area contributed by atoms with Crippen molar-refractivity contribution >= 4 is 46.2 Å². The average molecular weight is 504 g/mol. The number of carbonyl (C=O) groups is 1. The minimum absolute atomic E-state index is 0.0671. The first-order valence-electron chi connectivity index (χ1n) is 11.2. The topological polar surface area (TPSA) is 74.5 Å². The first kappa shape index (κ1) is 23.2. The third kappa shape index (κ3) is 4.97. The van der Waals surface area contributed by atoms with Gasteiger partial charge in [0.05, 0.1) is 23.3 Å². The Hall–Kier alpha value is -3.55. The van der Waals surface area contributed by atoms with Gasteiger partial charge in [-0.25, -0.2) is 5.01 Å². The van der Waals surface area contributed by atoms with Crippen LogP contribution in [-0.4, -0.2) is 33.5 Å². The molecule has 176 valence electrons. The normalized spacial score (nSPS) is 18.7. The molecule has 0 aromatic heterocycles. The highest BCUT2D eigenvalue weighted by Gasteiger charge is 2.36. The van der Waals surface area contributed by atoms with E-state index in [1.807, 2.05) is 72.6 Å². The van der Waals surface area contributed by atoms with Crippen molar-refractivity contribution in [1.82, 2.24) is 5.01 Å². The van der Waals surface area contributed by atoms with Gasteiger partial charge in [-0.2, -0.15) is 10.1 Å². The number of phenols is 1. The standard InChI is InChI=1S/C27H22ClN3O3S/c1-2-34-24-14-17(8-13-23(24)32)15-25-26(29-27(33)35-25)31-22(19-9-11-20(28)12-10-19)16-21(30-31)18-6-4-3-5-7-18/h3-15,22,32H,2,16H2,1H3/b25-15-/t22-/m1/s1. The Balaban J connectivity index is 1.55. The number of carbonyl (C=O) groups excluding carboxylic acids is 1. The lowest BCUT2D eigenvalue weighted by atomic mass is 9.98. The molecule has 2 heterocycles. The number of aliphatic imine (C=N–C) groups is 1. The molecule has 8 heteroatoms. The summed E-state index contributed by atoms with van der Waals surface area (Å²) < 4.78 is 5.51. The Kier molecular flexibility index (Phi) is 6.61. The van der Waals surface area contributed by atoms with E-state index >= 15 is 0 Å². The minimum atomic E-state index is -0.298. The number of amides is 1. The van der Waals surface area contributed by atoms with Gasteiger partial charge in [-0.05, 0) is 65.7 Å². The van der Waals surface area contributed by atoms with Crippen molar-refractivity contribution in [2.75, 3.05) is 6.61 Å². The molecule has 0 unspecified atom stereocenters. The van der Waals surface area contributed by atoms with E-state index in [0.717, 1.165) is 34.2 Å². The van der Waals surface area contributed by atoms with Crippen LogP contribution in [0.15, 0.2) is 87.8 Å². The third-order valence-corrected chi connectivity index (χ3v) is 6.72. The van der Waals surface area contributed by atoms with Crippen LogP contribution in [0.1, 0.15) is 36.1 Å². The number of hydrogen-bond donors (Lipinski definition) is 1. The van der Waals surface area contributed by atoms with Gasteiger partial charge >= 0.3 is 5.24 Å². The third-order valence-electron chi connectivity index (χ3n) is 5.69. The zero-order valence-electron chi connectivity index (χ0n) is 18.9. The summed E-state index contributed by atoms with van der Waals surface area (Å²) in [6.07, 6.45) is 2.52. The Morgan fingerprint density at radius 2 is 1.91 bits per heavy atom. The number of nitrogens with zero attached hydrogens (tertiary/aromatic N) is 3. The summed E-state index contributed by atoms with van der Waals surface area (Å²) in [5.74, 6) is 0.952. The molecule has 1 amide bonds. The highest BCUT2D eigenvalue weighted by molar-refractivity contribution is 8.18. The first-order valence-corrected chi connectivity index (χ1v) is 12.4. The molecule has 35 heavy (non-hydrogen) atoms. The van der Waals surface area contributed by atoms with E-state index in [2.05, 4.69) is 4.99 Å². The average Bonchev–Trinajstić information content (AvgIpc) is 3.46. The number of hydrogen-bond acceptors (Lipinski definition) is 6. The summed E-state index contributed by atoms with van der Waals surface area (Å²) in [5.41, 5.74) is 3.75. The lowest BCUT2D eigenvalue weighted by Crippen LogP contribution is -2.26. The van der Waals surface area contributed by atoms with Gasteiger partial charge in [0.15, 0.2) is 17.3 Å². The predicted octanol–water partition coefficient (Wildman–Crippen LogP) is 6.90. The van der Waals surface area contributed by atoms with Crippen LogP contribution in [0, 0.1) is 0 Å². The van der Waals surface area contributed by atoms with Crippen molar-refractivity contribution in [3.63, 3.8) is 0 Å². The second-order valence-corrected chi connectivity index (χ2v) is 9.43. The largest absolute Gasteiger partial charge is 0.504 e. The molecule has 0 radical (unpaired) electrons. The number of phenolic OH excluding ortho intramolecular Hbond substituents is 1. The van der Waals surface area contributed by atoms with Gasteiger partial charge in [0.25, 0.3) is 0 Å². The first-order chi connectivity index (χ1) is 17.0. The molecule has 3 aromatic rings. The number of benzene rings is 3. The monoisotopic (exact) mass is 503 g/mol. The summed E-state index contributed by atoms with van der Waals surface area (Å²) in [4.78, 5) is 17.5. The fourth-order valence-corrected chi connectivity index (χ4v) is 4.93. The number of thioether (sulfide) groups is 1. The second kappa shape index (κ2) is 9.98. The van der Waals surface area contributed by atoms with E-state index < -0.39 is 0 Å². The van der Waals surface area contributed by atoms with Crippen molar-refractivity contribution in [1.29, 1.82) is 0 Å². The minimum Gasteiger partial charge on any atom is -0.504 e. The van der Waals surface area contributed by atoms with Gasteiger partial charge < -0.3 is 9.84 Å². The second-order valence-electron chi connectivity index (χ2n) is 8.00. The van der Waals surface area contributed by atoms with Crippen molar-refractivity contribution in [2.45, 2.75) is 19.4 Å².